The number of anilines is 1. The molecule has 2 aromatic carbocycles. The van der Waals surface area contributed by atoms with Gasteiger partial charge in [-0.3, -0.25) is 9.59 Å². The molecule has 6 nitrogen and oxygen atoms in total. The van der Waals surface area contributed by atoms with Crippen LogP contribution in [0.1, 0.15) is 31.2 Å². The molecule has 3 aromatic rings. The van der Waals surface area contributed by atoms with Crippen LogP contribution in [0.3, 0.4) is 0 Å². The first-order valence-corrected chi connectivity index (χ1v) is 10.5. The molecule has 158 valence electrons. The van der Waals surface area contributed by atoms with E-state index in [-0.39, 0.29) is 34.9 Å². The molecule has 0 unspecified atom stereocenters. The van der Waals surface area contributed by atoms with E-state index in [2.05, 4.69) is 0 Å². The van der Waals surface area contributed by atoms with E-state index >= 15 is 0 Å². The molecule has 1 aliphatic rings. The van der Waals surface area contributed by atoms with Crippen LogP contribution < -0.4 is 9.64 Å². The Morgan fingerprint density at radius 3 is 2.74 bits per heavy atom. The number of amides is 2. The fourth-order valence-electron chi connectivity index (χ4n) is 3.20. The summed E-state index contributed by atoms with van der Waals surface area (Å²) in [7, 11) is 0. The third-order valence-corrected chi connectivity index (χ3v) is 6.53. The number of fused-ring (bicyclic) bond motifs is 1. The highest BCUT2D eigenvalue weighted by Crippen LogP contribution is 2.34. The minimum atomic E-state index is -1.29. The van der Waals surface area contributed by atoms with Gasteiger partial charge in [-0.15, -0.1) is 11.3 Å². The Hall–Kier alpha value is -2.94. The summed E-state index contributed by atoms with van der Waals surface area (Å²) in [6.07, 6.45) is -0.215. The Morgan fingerprint density at radius 1 is 1.23 bits per heavy atom. The van der Waals surface area contributed by atoms with Crippen molar-refractivity contribution < 1.29 is 28.6 Å². The van der Waals surface area contributed by atoms with Crippen LogP contribution in [0.15, 0.2) is 41.8 Å². The molecule has 0 aliphatic carbocycles. The van der Waals surface area contributed by atoms with E-state index in [0.29, 0.717) is 26.1 Å². The number of aromatic carboxylic acids is 1. The van der Waals surface area contributed by atoms with Gasteiger partial charge in [0.05, 0.1) is 27.7 Å². The number of carbonyl (C=O) groups excluding carboxylic acids is 2. The van der Waals surface area contributed by atoms with Crippen LogP contribution in [0.5, 0.6) is 5.75 Å². The Bertz CT molecular complexity index is 1240. The second-order valence-electron chi connectivity index (χ2n) is 6.60. The van der Waals surface area contributed by atoms with Gasteiger partial charge in [0.2, 0.25) is 5.91 Å². The Kier molecular flexibility index (Phi) is 5.70. The minimum absolute atomic E-state index is 0.0181. The SMILES string of the molecule is O=C(O)c1scc2c1C(=O)N(c1cc(OCc3cccc(Cl)c3Cl)ccc1F)C(=O)C2. The standard InChI is InChI=1S/C21H12Cl2FNO5S/c22-13-3-1-2-10(18(13)23)8-30-12-4-5-14(24)15(7-12)25-16(26)6-11-9-31-19(21(28)29)17(11)20(25)27/h1-5,7,9H,6,8H2,(H,28,29). The highest BCUT2D eigenvalue weighted by atomic mass is 35.5. The van der Waals surface area contributed by atoms with E-state index < -0.39 is 23.6 Å². The number of hydrogen-bond donors (Lipinski definition) is 1. The van der Waals surface area contributed by atoms with Gasteiger partial charge in [-0.2, -0.15) is 0 Å². The lowest BCUT2D eigenvalue weighted by Crippen LogP contribution is -2.43. The number of rotatable bonds is 5. The van der Waals surface area contributed by atoms with E-state index in [9.17, 15) is 23.9 Å². The molecule has 0 saturated carbocycles. The average Bonchev–Trinajstić information content (AvgIpc) is 3.15. The number of carboxylic acid groups (broad SMARTS) is 1. The van der Waals surface area contributed by atoms with Crippen LogP contribution in [0.4, 0.5) is 10.1 Å². The Balaban J connectivity index is 1.66. The number of carbonyl (C=O) groups is 3. The number of halogens is 3. The summed E-state index contributed by atoms with van der Waals surface area (Å²) in [6.45, 7) is 0.0181. The van der Waals surface area contributed by atoms with Crippen molar-refractivity contribution in [3.63, 3.8) is 0 Å². The van der Waals surface area contributed by atoms with Crippen molar-refractivity contribution in [2.75, 3.05) is 4.90 Å². The molecule has 1 N–H and O–H groups in total. The molecule has 1 aliphatic heterocycles. The van der Waals surface area contributed by atoms with Gasteiger partial charge in [-0.05, 0) is 29.1 Å². The summed E-state index contributed by atoms with van der Waals surface area (Å²) < 4.78 is 20.2. The monoisotopic (exact) mass is 479 g/mol. The molecule has 1 aromatic heterocycles. The van der Waals surface area contributed by atoms with Crippen LogP contribution in [0.25, 0.3) is 0 Å². The number of ether oxygens (including phenoxy) is 1. The van der Waals surface area contributed by atoms with Crippen molar-refractivity contribution in [2.45, 2.75) is 13.0 Å². The maximum Gasteiger partial charge on any atom is 0.346 e. The number of nitrogens with zero attached hydrogens (tertiary/aromatic N) is 1. The number of carboxylic acids is 1. The molecule has 10 heteroatoms. The summed E-state index contributed by atoms with van der Waals surface area (Å²) in [4.78, 5) is 37.4. The number of hydrogen-bond acceptors (Lipinski definition) is 5. The van der Waals surface area contributed by atoms with Crippen LogP contribution in [-0.4, -0.2) is 22.9 Å². The summed E-state index contributed by atoms with van der Waals surface area (Å²) in [5.74, 6) is -3.49. The zero-order chi connectivity index (χ0) is 22.3. The third kappa shape index (κ3) is 3.89. The van der Waals surface area contributed by atoms with E-state index in [4.69, 9.17) is 27.9 Å². The molecular weight excluding hydrogens is 468 g/mol. The highest BCUT2D eigenvalue weighted by molar-refractivity contribution is 7.12. The van der Waals surface area contributed by atoms with Gasteiger partial charge in [0.15, 0.2) is 0 Å². The average molecular weight is 480 g/mol. The molecule has 4 rings (SSSR count). The van der Waals surface area contributed by atoms with Gasteiger partial charge in [-0.1, -0.05) is 35.3 Å². The van der Waals surface area contributed by atoms with E-state index in [0.717, 1.165) is 17.4 Å². The molecule has 2 amide bonds. The summed E-state index contributed by atoms with van der Waals surface area (Å²) in [5.41, 5.74) is 0.489. The maximum atomic E-state index is 14.6. The maximum absolute atomic E-state index is 14.6. The lowest BCUT2D eigenvalue weighted by atomic mass is 10.0. The zero-order valence-corrected chi connectivity index (χ0v) is 17.9. The largest absolute Gasteiger partial charge is 0.489 e. The first kappa shape index (κ1) is 21.3. The van der Waals surface area contributed by atoms with Crippen LogP contribution in [0.2, 0.25) is 10.0 Å². The van der Waals surface area contributed by atoms with Gasteiger partial charge in [0.1, 0.15) is 23.1 Å². The van der Waals surface area contributed by atoms with E-state index in [1.54, 1.807) is 18.2 Å². The fourth-order valence-corrected chi connectivity index (χ4v) is 4.47. The van der Waals surface area contributed by atoms with Crippen LogP contribution in [-0.2, 0) is 17.8 Å². The van der Waals surface area contributed by atoms with Crippen molar-refractivity contribution >= 4 is 58.0 Å². The molecule has 31 heavy (non-hydrogen) atoms. The Morgan fingerprint density at radius 2 is 2.00 bits per heavy atom. The van der Waals surface area contributed by atoms with E-state index in [1.165, 1.54) is 17.5 Å². The third-order valence-electron chi connectivity index (χ3n) is 4.65. The van der Waals surface area contributed by atoms with Gasteiger partial charge in [0, 0.05) is 11.6 Å². The van der Waals surface area contributed by atoms with Crippen LogP contribution in [0, 0.1) is 5.82 Å². The van der Waals surface area contributed by atoms with Gasteiger partial charge in [0.25, 0.3) is 5.91 Å². The molecule has 0 spiro atoms. The molecular formula is C21H12Cl2FNO5S. The molecule has 0 radical (unpaired) electrons. The summed E-state index contributed by atoms with van der Waals surface area (Å²) >= 11 is 13.0. The molecule has 0 bridgehead atoms. The lowest BCUT2D eigenvalue weighted by molar-refractivity contribution is -0.117. The van der Waals surface area contributed by atoms with Crippen molar-refractivity contribution in [1.82, 2.24) is 0 Å². The van der Waals surface area contributed by atoms with Crippen molar-refractivity contribution in [3.8, 4) is 5.75 Å². The fraction of sp³-hybridized carbons (Fsp3) is 0.0952. The zero-order valence-electron chi connectivity index (χ0n) is 15.5. The predicted molar refractivity (Wildman–Crippen MR) is 114 cm³/mol. The topological polar surface area (TPSA) is 83.9 Å². The van der Waals surface area contributed by atoms with Crippen LogP contribution >= 0.6 is 34.5 Å². The second-order valence-corrected chi connectivity index (χ2v) is 8.26. The second kappa shape index (κ2) is 8.30. The summed E-state index contributed by atoms with van der Waals surface area (Å²) in [6, 6.07) is 8.65. The number of imide groups is 1. The highest BCUT2D eigenvalue weighted by Gasteiger charge is 2.38. The molecule has 2 heterocycles. The van der Waals surface area contributed by atoms with Gasteiger partial charge >= 0.3 is 5.97 Å². The molecule has 0 atom stereocenters. The first-order chi connectivity index (χ1) is 14.8. The number of thiophene rings is 1. The normalized spacial score (nSPS) is 13.3. The van der Waals surface area contributed by atoms with Crippen molar-refractivity contribution in [3.05, 3.63) is 79.2 Å². The molecule has 0 fully saturated rings. The summed E-state index contributed by atoms with van der Waals surface area (Å²) in [5, 5.41) is 11.5. The smallest absolute Gasteiger partial charge is 0.346 e. The van der Waals surface area contributed by atoms with Crippen molar-refractivity contribution in [1.29, 1.82) is 0 Å². The minimum Gasteiger partial charge on any atom is -0.489 e. The van der Waals surface area contributed by atoms with Gasteiger partial charge in [-0.25, -0.2) is 14.1 Å². The number of benzene rings is 2. The van der Waals surface area contributed by atoms with E-state index in [1.807, 2.05) is 0 Å². The first-order valence-electron chi connectivity index (χ1n) is 8.84. The predicted octanol–water partition coefficient (Wildman–Crippen LogP) is 5.20. The van der Waals surface area contributed by atoms with Crippen molar-refractivity contribution in [2.24, 2.45) is 0 Å². The lowest BCUT2D eigenvalue weighted by Gasteiger charge is -2.26. The van der Waals surface area contributed by atoms with Gasteiger partial charge < -0.3 is 9.84 Å². The molecule has 0 saturated heterocycles. The Labute approximate surface area is 189 Å². The quantitative estimate of drug-likeness (QED) is 0.508.